The van der Waals surface area contributed by atoms with E-state index in [9.17, 15) is 9.18 Å². The van der Waals surface area contributed by atoms with Crippen LogP contribution in [0.3, 0.4) is 0 Å². The molecule has 0 radical (unpaired) electrons. The summed E-state index contributed by atoms with van der Waals surface area (Å²) in [6.45, 7) is 0.774. The first-order valence-corrected chi connectivity index (χ1v) is 6.01. The van der Waals surface area contributed by atoms with Crippen molar-refractivity contribution in [2.75, 3.05) is 18.9 Å². The van der Waals surface area contributed by atoms with Crippen LogP contribution in [0.4, 0.5) is 10.1 Å². The predicted molar refractivity (Wildman–Crippen MR) is 63.2 cm³/mol. The Morgan fingerprint density at radius 2 is 2.38 bits per heavy atom. The topological polar surface area (TPSA) is 41.1 Å². The van der Waals surface area contributed by atoms with Crippen molar-refractivity contribution in [3.63, 3.8) is 0 Å². The third-order valence-electron chi connectivity index (χ3n) is 2.44. The van der Waals surface area contributed by atoms with E-state index in [2.05, 4.69) is 10.6 Å². The highest BCUT2D eigenvalue weighted by molar-refractivity contribution is 8.01. The van der Waals surface area contributed by atoms with E-state index in [1.54, 1.807) is 6.07 Å². The van der Waals surface area contributed by atoms with Crippen LogP contribution >= 0.6 is 11.8 Å². The van der Waals surface area contributed by atoms with Crippen LogP contribution in [0.25, 0.3) is 0 Å². The molecule has 1 aromatic carbocycles. The van der Waals surface area contributed by atoms with Crippen LogP contribution in [-0.2, 0) is 4.79 Å². The van der Waals surface area contributed by atoms with E-state index in [1.807, 2.05) is 13.1 Å². The molecule has 2 N–H and O–H groups in total. The summed E-state index contributed by atoms with van der Waals surface area (Å²) in [7, 11) is 1.85. The monoisotopic (exact) mass is 240 g/mol. The molecular weight excluding hydrogens is 227 g/mol. The van der Waals surface area contributed by atoms with Crippen molar-refractivity contribution in [3.05, 3.63) is 24.0 Å². The van der Waals surface area contributed by atoms with Crippen LogP contribution in [-0.4, -0.2) is 24.7 Å². The van der Waals surface area contributed by atoms with E-state index in [-0.39, 0.29) is 17.0 Å². The fraction of sp³-hybridized carbons (Fsp3) is 0.364. The van der Waals surface area contributed by atoms with Gasteiger partial charge in [0.2, 0.25) is 5.91 Å². The lowest BCUT2D eigenvalue weighted by molar-refractivity contribution is -0.115. The Morgan fingerprint density at radius 1 is 1.56 bits per heavy atom. The van der Waals surface area contributed by atoms with Gasteiger partial charge in [0.15, 0.2) is 0 Å². The Bertz CT molecular complexity index is 411. The van der Waals surface area contributed by atoms with Gasteiger partial charge >= 0.3 is 0 Å². The normalized spacial score (nSPS) is 19.1. The number of benzene rings is 1. The first-order valence-electron chi connectivity index (χ1n) is 5.13. The van der Waals surface area contributed by atoms with Gasteiger partial charge < -0.3 is 10.6 Å². The number of hydrogen-bond acceptors (Lipinski definition) is 3. The number of nitrogens with one attached hydrogen (secondary N) is 2. The molecule has 5 heteroatoms. The maximum Gasteiger partial charge on any atom is 0.238 e. The number of hydrogen-bond donors (Lipinski definition) is 2. The van der Waals surface area contributed by atoms with Crippen molar-refractivity contribution in [1.82, 2.24) is 5.32 Å². The minimum absolute atomic E-state index is 0.113. The lowest BCUT2D eigenvalue weighted by Gasteiger charge is -2.24. The molecule has 0 aliphatic carbocycles. The number of para-hydroxylation sites is 1. The molecule has 0 spiro atoms. The van der Waals surface area contributed by atoms with Gasteiger partial charge in [-0.25, -0.2) is 4.39 Å². The third kappa shape index (κ3) is 2.20. The minimum atomic E-state index is -0.370. The summed E-state index contributed by atoms with van der Waals surface area (Å²) in [5, 5.41) is 5.49. The number of halogens is 1. The van der Waals surface area contributed by atoms with Crippen molar-refractivity contribution >= 4 is 23.4 Å². The molecular formula is C11H13FN2OS. The highest BCUT2D eigenvalue weighted by atomic mass is 32.2. The third-order valence-corrected chi connectivity index (χ3v) is 3.77. The van der Waals surface area contributed by atoms with Crippen LogP contribution in [0.1, 0.15) is 6.42 Å². The second-order valence-corrected chi connectivity index (χ2v) is 4.85. The average molecular weight is 240 g/mol. The van der Waals surface area contributed by atoms with Crippen LogP contribution in [0, 0.1) is 5.82 Å². The number of carbonyl (C=O) groups is 1. The smallest absolute Gasteiger partial charge is 0.238 e. The van der Waals surface area contributed by atoms with E-state index in [0.29, 0.717) is 5.69 Å². The second kappa shape index (κ2) is 4.84. The van der Waals surface area contributed by atoms with Gasteiger partial charge in [-0.1, -0.05) is 6.07 Å². The fourth-order valence-corrected chi connectivity index (χ4v) is 2.73. The van der Waals surface area contributed by atoms with Gasteiger partial charge in [-0.15, -0.1) is 11.8 Å². The van der Waals surface area contributed by atoms with Gasteiger partial charge in [0.05, 0.1) is 10.9 Å². The van der Waals surface area contributed by atoms with Crippen LogP contribution in [0.2, 0.25) is 0 Å². The first-order chi connectivity index (χ1) is 7.72. The lowest BCUT2D eigenvalue weighted by atomic mass is 10.2. The van der Waals surface area contributed by atoms with Gasteiger partial charge in [-0.3, -0.25) is 4.79 Å². The molecule has 0 saturated heterocycles. The molecule has 0 aromatic heterocycles. The summed E-state index contributed by atoms with van der Waals surface area (Å²) in [5.74, 6) is -0.483. The number of fused-ring (bicyclic) bond motifs is 1. The van der Waals surface area contributed by atoms with Gasteiger partial charge in [0.1, 0.15) is 5.82 Å². The second-order valence-electron chi connectivity index (χ2n) is 3.60. The molecule has 0 bridgehead atoms. The van der Waals surface area contributed by atoms with E-state index >= 15 is 0 Å². The van der Waals surface area contributed by atoms with Gasteiger partial charge in [0, 0.05) is 4.90 Å². The van der Waals surface area contributed by atoms with Crippen LogP contribution in [0.15, 0.2) is 23.1 Å². The lowest BCUT2D eigenvalue weighted by Crippen LogP contribution is -2.31. The molecule has 0 saturated carbocycles. The number of amides is 1. The van der Waals surface area contributed by atoms with Gasteiger partial charge in [-0.05, 0) is 32.1 Å². The Hall–Kier alpha value is -1.07. The number of anilines is 1. The van der Waals surface area contributed by atoms with E-state index in [0.717, 1.165) is 17.9 Å². The Morgan fingerprint density at radius 3 is 3.12 bits per heavy atom. The maximum atomic E-state index is 13.4. The highest BCUT2D eigenvalue weighted by Gasteiger charge is 2.27. The molecule has 1 aliphatic heterocycles. The molecule has 2 rings (SSSR count). The maximum absolute atomic E-state index is 13.4. The molecule has 1 aromatic rings. The summed E-state index contributed by atoms with van der Waals surface area (Å²) in [4.78, 5) is 12.5. The molecule has 0 fully saturated rings. The quantitative estimate of drug-likeness (QED) is 0.847. The standard InChI is InChI=1S/C11H13FN2OS/c1-13-6-5-9-11(15)14-10-7(12)3-2-4-8(10)16-9/h2-4,9,13H,5-6H2,1H3,(H,14,15). The number of carbonyl (C=O) groups excluding carboxylic acids is 1. The summed E-state index contributed by atoms with van der Waals surface area (Å²) < 4.78 is 13.4. The summed E-state index contributed by atoms with van der Waals surface area (Å²) >= 11 is 1.43. The van der Waals surface area contributed by atoms with E-state index in [1.165, 1.54) is 17.8 Å². The zero-order chi connectivity index (χ0) is 11.5. The largest absolute Gasteiger partial charge is 0.322 e. The molecule has 86 valence electrons. The predicted octanol–water partition coefficient (Wildman–Crippen LogP) is 1.85. The molecule has 1 aliphatic rings. The van der Waals surface area contributed by atoms with Gasteiger partial charge in [0.25, 0.3) is 0 Å². The molecule has 1 unspecified atom stereocenters. The van der Waals surface area contributed by atoms with Crippen LogP contribution < -0.4 is 10.6 Å². The zero-order valence-corrected chi connectivity index (χ0v) is 9.73. The summed E-state index contributed by atoms with van der Waals surface area (Å²) in [6, 6.07) is 4.84. The number of rotatable bonds is 3. The van der Waals surface area contributed by atoms with E-state index < -0.39 is 0 Å². The van der Waals surface area contributed by atoms with Crippen molar-refractivity contribution in [1.29, 1.82) is 0 Å². The van der Waals surface area contributed by atoms with E-state index in [4.69, 9.17) is 0 Å². The summed E-state index contributed by atoms with van der Waals surface area (Å²) in [6.07, 6.45) is 0.739. The Labute approximate surface area is 97.8 Å². The summed E-state index contributed by atoms with van der Waals surface area (Å²) in [5.41, 5.74) is 0.318. The zero-order valence-electron chi connectivity index (χ0n) is 8.92. The van der Waals surface area contributed by atoms with Crippen LogP contribution in [0.5, 0.6) is 0 Å². The minimum Gasteiger partial charge on any atom is -0.322 e. The van der Waals surface area contributed by atoms with Gasteiger partial charge in [-0.2, -0.15) is 0 Å². The van der Waals surface area contributed by atoms with Crippen molar-refractivity contribution in [2.45, 2.75) is 16.6 Å². The molecule has 3 nitrogen and oxygen atoms in total. The fourth-order valence-electron chi connectivity index (χ4n) is 1.60. The Kier molecular flexibility index (Phi) is 3.46. The molecule has 1 amide bonds. The van der Waals surface area contributed by atoms with Crippen molar-refractivity contribution in [3.8, 4) is 0 Å². The first kappa shape index (κ1) is 11.4. The Balaban J connectivity index is 2.19. The SMILES string of the molecule is CNCCC1Sc2cccc(F)c2NC1=O. The molecule has 1 heterocycles. The average Bonchev–Trinajstić information content (AvgIpc) is 2.28. The number of thioether (sulfide) groups is 1. The molecule has 1 atom stereocenters. The highest BCUT2D eigenvalue weighted by Crippen LogP contribution is 2.37. The van der Waals surface area contributed by atoms with Crippen molar-refractivity contribution in [2.24, 2.45) is 0 Å². The van der Waals surface area contributed by atoms with Crippen molar-refractivity contribution < 1.29 is 9.18 Å². The molecule has 16 heavy (non-hydrogen) atoms.